The van der Waals surface area contributed by atoms with E-state index in [-0.39, 0.29) is 17.9 Å². The summed E-state index contributed by atoms with van der Waals surface area (Å²) in [6, 6.07) is 14.8. The number of nitrogens with one attached hydrogen (secondary N) is 1. The van der Waals surface area contributed by atoms with E-state index < -0.39 is 0 Å². The van der Waals surface area contributed by atoms with E-state index in [9.17, 15) is 9.59 Å². The number of amides is 2. The van der Waals surface area contributed by atoms with Crippen LogP contribution in [0.4, 0.5) is 5.69 Å². The molecule has 2 aliphatic heterocycles. The minimum Gasteiger partial charge on any atom is -0.381 e. The van der Waals surface area contributed by atoms with Gasteiger partial charge in [0.2, 0.25) is 5.91 Å². The van der Waals surface area contributed by atoms with Crippen LogP contribution in [0.25, 0.3) is 0 Å². The van der Waals surface area contributed by atoms with Gasteiger partial charge in [-0.25, -0.2) is 0 Å². The molecule has 5 nitrogen and oxygen atoms in total. The third kappa shape index (κ3) is 4.31. The lowest BCUT2D eigenvalue weighted by Crippen LogP contribution is -2.47. The van der Waals surface area contributed by atoms with Crippen LogP contribution >= 0.6 is 0 Å². The largest absolute Gasteiger partial charge is 0.381 e. The fourth-order valence-corrected chi connectivity index (χ4v) is 5.39. The summed E-state index contributed by atoms with van der Waals surface area (Å²) >= 11 is 0. The molecule has 0 aromatic heterocycles. The number of ether oxygens (including phenoxy) is 1. The van der Waals surface area contributed by atoms with Gasteiger partial charge < -0.3 is 15.0 Å². The highest BCUT2D eigenvalue weighted by Crippen LogP contribution is 2.45. The molecule has 3 atom stereocenters. The van der Waals surface area contributed by atoms with Gasteiger partial charge in [0.25, 0.3) is 5.91 Å². The first-order chi connectivity index (χ1) is 15.4. The molecular formula is C27H34N2O3. The minimum absolute atomic E-state index is 0.0697. The molecule has 170 valence electrons. The third-order valence-electron chi connectivity index (χ3n) is 7.44. The molecule has 0 radical (unpaired) electrons. The normalized spacial score (nSPS) is 23.5. The van der Waals surface area contributed by atoms with Crippen LogP contribution in [0.5, 0.6) is 0 Å². The van der Waals surface area contributed by atoms with Gasteiger partial charge in [0.05, 0.1) is 0 Å². The maximum absolute atomic E-state index is 12.6. The summed E-state index contributed by atoms with van der Waals surface area (Å²) in [5, 5.41) is 2.68. The fourth-order valence-electron chi connectivity index (χ4n) is 5.39. The van der Waals surface area contributed by atoms with Crippen LogP contribution in [0.2, 0.25) is 0 Å². The predicted octanol–water partition coefficient (Wildman–Crippen LogP) is 4.66. The van der Waals surface area contributed by atoms with E-state index in [4.69, 9.17) is 4.74 Å². The van der Waals surface area contributed by atoms with E-state index in [0.29, 0.717) is 23.3 Å². The van der Waals surface area contributed by atoms with Crippen LogP contribution in [0.3, 0.4) is 0 Å². The second-order valence-corrected chi connectivity index (χ2v) is 9.28. The third-order valence-corrected chi connectivity index (χ3v) is 7.44. The zero-order valence-electron chi connectivity index (χ0n) is 19.6. The Kier molecular flexibility index (Phi) is 6.66. The average Bonchev–Trinajstić information content (AvgIpc) is 2.82. The molecule has 5 heteroatoms. The molecule has 4 rings (SSSR count). The van der Waals surface area contributed by atoms with Crippen molar-refractivity contribution >= 4 is 17.5 Å². The number of anilines is 1. The topological polar surface area (TPSA) is 58.6 Å². The SMILES string of the molecule is CNC(=O)c1ccc(C[C@H]2c3cc(C4CCOCC4)ccc3N(C(C)=O)[C@@H](C)C2C)cc1. The van der Waals surface area contributed by atoms with Crippen molar-refractivity contribution in [3.63, 3.8) is 0 Å². The molecule has 2 heterocycles. The van der Waals surface area contributed by atoms with Gasteiger partial charge >= 0.3 is 0 Å². The highest BCUT2D eigenvalue weighted by atomic mass is 16.5. The van der Waals surface area contributed by atoms with E-state index >= 15 is 0 Å². The van der Waals surface area contributed by atoms with Crippen molar-refractivity contribution in [2.45, 2.75) is 57.9 Å². The number of hydrogen-bond donors (Lipinski definition) is 1. The molecule has 0 bridgehead atoms. The quantitative estimate of drug-likeness (QED) is 0.762. The fraction of sp³-hybridized carbons (Fsp3) is 0.481. The van der Waals surface area contributed by atoms with Crippen LogP contribution in [0, 0.1) is 5.92 Å². The van der Waals surface area contributed by atoms with Gasteiger partial charge in [-0.1, -0.05) is 31.2 Å². The smallest absolute Gasteiger partial charge is 0.251 e. The summed E-state index contributed by atoms with van der Waals surface area (Å²) in [4.78, 5) is 26.4. The van der Waals surface area contributed by atoms with Gasteiger partial charge in [-0.15, -0.1) is 0 Å². The highest BCUT2D eigenvalue weighted by molar-refractivity contribution is 5.94. The Labute approximate surface area is 191 Å². The monoisotopic (exact) mass is 434 g/mol. The Morgan fingerprint density at radius 2 is 1.75 bits per heavy atom. The lowest BCUT2D eigenvalue weighted by Gasteiger charge is -2.44. The molecule has 1 unspecified atom stereocenters. The van der Waals surface area contributed by atoms with Crippen LogP contribution in [-0.2, 0) is 16.0 Å². The first-order valence-corrected chi connectivity index (χ1v) is 11.7. The van der Waals surface area contributed by atoms with Gasteiger partial charge in [-0.3, -0.25) is 9.59 Å². The maximum atomic E-state index is 12.6. The summed E-state index contributed by atoms with van der Waals surface area (Å²) in [7, 11) is 1.65. The number of hydrogen-bond acceptors (Lipinski definition) is 3. The molecule has 1 N–H and O–H groups in total. The number of rotatable bonds is 4. The number of carbonyl (C=O) groups excluding carboxylic acids is 2. The van der Waals surface area contributed by atoms with E-state index in [1.807, 2.05) is 17.0 Å². The van der Waals surface area contributed by atoms with Gasteiger partial charge in [0.15, 0.2) is 0 Å². The van der Waals surface area contributed by atoms with E-state index in [1.54, 1.807) is 14.0 Å². The van der Waals surface area contributed by atoms with Gasteiger partial charge in [-0.05, 0) is 78.8 Å². The second-order valence-electron chi connectivity index (χ2n) is 9.28. The Hall–Kier alpha value is -2.66. The first kappa shape index (κ1) is 22.5. The molecule has 2 aromatic carbocycles. The molecule has 1 saturated heterocycles. The summed E-state index contributed by atoms with van der Waals surface area (Å²) in [5.74, 6) is 1.16. The van der Waals surface area contributed by atoms with Crippen LogP contribution in [0.15, 0.2) is 42.5 Å². The molecule has 0 spiro atoms. The molecule has 0 aliphatic carbocycles. The first-order valence-electron chi connectivity index (χ1n) is 11.7. The lowest BCUT2D eigenvalue weighted by atomic mass is 9.73. The maximum Gasteiger partial charge on any atom is 0.251 e. The van der Waals surface area contributed by atoms with Gasteiger partial charge in [0, 0.05) is 44.5 Å². The molecule has 0 saturated carbocycles. The zero-order chi connectivity index (χ0) is 22.8. The van der Waals surface area contributed by atoms with Crippen LogP contribution < -0.4 is 10.2 Å². The summed E-state index contributed by atoms with van der Waals surface area (Å²) < 4.78 is 5.57. The Morgan fingerprint density at radius 1 is 1.06 bits per heavy atom. The Balaban J connectivity index is 1.70. The number of nitrogens with zero attached hydrogens (tertiary/aromatic N) is 1. The Bertz CT molecular complexity index is 979. The van der Waals surface area contributed by atoms with Crippen molar-refractivity contribution in [1.82, 2.24) is 5.32 Å². The van der Waals surface area contributed by atoms with E-state index in [2.05, 4.69) is 49.5 Å². The summed E-state index contributed by atoms with van der Waals surface area (Å²) in [5.41, 5.74) is 5.56. The average molecular weight is 435 g/mol. The number of benzene rings is 2. The van der Waals surface area contributed by atoms with E-state index in [1.165, 1.54) is 16.7 Å². The second kappa shape index (κ2) is 9.45. The molecule has 32 heavy (non-hydrogen) atoms. The zero-order valence-corrected chi connectivity index (χ0v) is 19.6. The van der Waals surface area contributed by atoms with Crippen molar-refractivity contribution in [3.05, 3.63) is 64.7 Å². The Morgan fingerprint density at radius 3 is 2.38 bits per heavy atom. The van der Waals surface area contributed by atoms with Crippen LogP contribution in [-0.4, -0.2) is 38.1 Å². The van der Waals surface area contributed by atoms with Gasteiger partial charge in [-0.2, -0.15) is 0 Å². The molecular weight excluding hydrogens is 400 g/mol. The highest BCUT2D eigenvalue weighted by Gasteiger charge is 2.38. The molecule has 2 aromatic rings. The van der Waals surface area contributed by atoms with E-state index in [0.717, 1.165) is 38.2 Å². The van der Waals surface area contributed by atoms with Crippen molar-refractivity contribution in [1.29, 1.82) is 0 Å². The standard InChI is InChI=1S/C27H34N2O3/c1-17-18(2)29(19(3)30)26-10-9-23(21-11-13-32-14-12-21)16-25(26)24(17)15-20-5-7-22(8-6-20)27(31)28-4/h5-10,16-18,21,24H,11-15H2,1-4H3,(H,28,31)/t17?,18-,24+/m0/s1. The van der Waals surface area contributed by atoms with Gasteiger partial charge in [0.1, 0.15) is 0 Å². The van der Waals surface area contributed by atoms with Crippen molar-refractivity contribution < 1.29 is 14.3 Å². The minimum atomic E-state index is -0.0697. The van der Waals surface area contributed by atoms with Crippen molar-refractivity contribution in [3.8, 4) is 0 Å². The van der Waals surface area contributed by atoms with Crippen LogP contribution in [0.1, 0.15) is 72.5 Å². The molecule has 2 aliphatic rings. The number of fused-ring (bicyclic) bond motifs is 1. The molecule has 1 fully saturated rings. The number of carbonyl (C=O) groups is 2. The molecule has 2 amide bonds. The van der Waals surface area contributed by atoms with Crippen molar-refractivity contribution in [2.75, 3.05) is 25.2 Å². The summed E-state index contributed by atoms with van der Waals surface area (Å²) in [6.45, 7) is 7.71. The van der Waals surface area contributed by atoms with Crippen molar-refractivity contribution in [2.24, 2.45) is 5.92 Å². The predicted molar refractivity (Wildman–Crippen MR) is 127 cm³/mol. The lowest BCUT2D eigenvalue weighted by molar-refractivity contribution is -0.117. The summed E-state index contributed by atoms with van der Waals surface area (Å²) in [6.07, 6.45) is 2.98.